The van der Waals surface area contributed by atoms with Crippen molar-refractivity contribution in [2.75, 3.05) is 0 Å². The fourth-order valence-electron chi connectivity index (χ4n) is 3.78. The summed E-state index contributed by atoms with van der Waals surface area (Å²) >= 11 is 0. The van der Waals surface area contributed by atoms with Gasteiger partial charge in [-0.05, 0) is 70.0 Å². The second-order valence-corrected chi connectivity index (χ2v) is 6.73. The van der Waals surface area contributed by atoms with Crippen molar-refractivity contribution >= 4 is 21.5 Å². The molecular formula is C23H22O. The van der Waals surface area contributed by atoms with Crippen molar-refractivity contribution in [2.45, 2.75) is 26.2 Å². The zero-order valence-corrected chi connectivity index (χ0v) is 14.0. The predicted octanol–water partition coefficient (Wildman–Crippen LogP) is 6.40. The highest BCUT2D eigenvalue weighted by Crippen LogP contribution is 2.34. The summed E-state index contributed by atoms with van der Waals surface area (Å²) in [5.74, 6) is 0.838. The summed E-state index contributed by atoms with van der Waals surface area (Å²) in [6.45, 7) is 2.37. The highest BCUT2D eigenvalue weighted by atomic mass is 16.3. The van der Waals surface area contributed by atoms with Crippen LogP contribution in [0, 0.1) is 5.92 Å². The van der Waals surface area contributed by atoms with Crippen LogP contribution in [0.4, 0.5) is 0 Å². The first-order valence-electron chi connectivity index (χ1n) is 8.72. The third-order valence-corrected chi connectivity index (χ3v) is 5.02. The number of aryl methyl sites for hydroxylation is 1. The molecule has 0 saturated heterocycles. The first-order valence-corrected chi connectivity index (χ1v) is 8.72. The van der Waals surface area contributed by atoms with E-state index in [-0.39, 0.29) is 0 Å². The van der Waals surface area contributed by atoms with Crippen LogP contribution in [0.25, 0.3) is 21.5 Å². The number of benzene rings is 3. The molecule has 1 heteroatoms. The summed E-state index contributed by atoms with van der Waals surface area (Å²) in [5, 5.41) is 5.63. The molecule has 1 nitrogen and oxygen atoms in total. The van der Waals surface area contributed by atoms with Gasteiger partial charge in [0.15, 0.2) is 0 Å². The van der Waals surface area contributed by atoms with Crippen LogP contribution in [0.3, 0.4) is 0 Å². The van der Waals surface area contributed by atoms with Gasteiger partial charge in [0.2, 0.25) is 0 Å². The van der Waals surface area contributed by atoms with E-state index in [0.717, 1.165) is 5.92 Å². The third kappa shape index (κ3) is 2.82. The van der Waals surface area contributed by atoms with Gasteiger partial charge in [-0.2, -0.15) is 0 Å². The van der Waals surface area contributed by atoms with Crippen molar-refractivity contribution in [3.05, 3.63) is 84.3 Å². The molecule has 0 bridgehead atoms. The number of hydrogen-bond donors (Lipinski definition) is 0. The Bertz CT molecular complexity index is 933. The molecule has 0 aliphatic heterocycles. The standard InChI is InChI=1S/C19H18.C4H4O/c1-13-6-9-17-15(12-13)8-11-18-16-5-3-2-4-14(16)7-10-19(17)18;1-2-4-5-3-1/h2-5,7-8,10-11,13H,6,9,12H2,1H3;1-4H. The Morgan fingerprint density at radius 2 is 1.58 bits per heavy atom. The van der Waals surface area contributed by atoms with Gasteiger partial charge in [0.05, 0.1) is 12.5 Å². The van der Waals surface area contributed by atoms with Gasteiger partial charge in [-0.3, -0.25) is 0 Å². The van der Waals surface area contributed by atoms with Gasteiger partial charge in [0, 0.05) is 0 Å². The molecule has 120 valence electrons. The fourth-order valence-corrected chi connectivity index (χ4v) is 3.78. The zero-order valence-electron chi connectivity index (χ0n) is 14.0. The Morgan fingerprint density at radius 1 is 0.792 bits per heavy atom. The average molecular weight is 314 g/mol. The summed E-state index contributed by atoms with van der Waals surface area (Å²) in [6, 6.07) is 21.7. The highest BCUT2D eigenvalue weighted by molar-refractivity contribution is 6.08. The summed E-state index contributed by atoms with van der Waals surface area (Å²) in [4.78, 5) is 0. The smallest absolute Gasteiger partial charge is 0.0902 e. The van der Waals surface area contributed by atoms with Gasteiger partial charge in [0.1, 0.15) is 0 Å². The summed E-state index contributed by atoms with van der Waals surface area (Å²) in [7, 11) is 0. The Kier molecular flexibility index (Phi) is 4.08. The maximum atomic E-state index is 4.58. The first kappa shape index (κ1) is 15.0. The maximum Gasteiger partial charge on any atom is 0.0902 e. The lowest BCUT2D eigenvalue weighted by atomic mass is 9.82. The van der Waals surface area contributed by atoms with Crippen molar-refractivity contribution in [3.63, 3.8) is 0 Å². The fraction of sp³-hybridized carbons (Fsp3) is 0.217. The monoisotopic (exact) mass is 314 g/mol. The van der Waals surface area contributed by atoms with Gasteiger partial charge in [-0.15, -0.1) is 0 Å². The molecule has 0 N–H and O–H groups in total. The minimum atomic E-state index is 0.838. The molecule has 1 atom stereocenters. The molecule has 24 heavy (non-hydrogen) atoms. The summed E-state index contributed by atoms with van der Waals surface area (Å²) in [5.41, 5.74) is 3.17. The van der Waals surface area contributed by atoms with E-state index < -0.39 is 0 Å². The SMILES string of the molecule is CC1CCc2c(ccc3c2ccc2ccccc23)C1.c1ccoc1. The number of furan rings is 1. The van der Waals surface area contributed by atoms with E-state index in [1.54, 1.807) is 23.7 Å². The van der Waals surface area contributed by atoms with Crippen LogP contribution in [0.2, 0.25) is 0 Å². The lowest BCUT2D eigenvalue weighted by Crippen LogP contribution is -2.11. The lowest BCUT2D eigenvalue weighted by Gasteiger charge is -2.23. The van der Waals surface area contributed by atoms with E-state index in [1.807, 2.05) is 12.1 Å². The van der Waals surface area contributed by atoms with E-state index in [9.17, 15) is 0 Å². The molecule has 1 aliphatic rings. The molecule has 0 radical (unpaired) electrons. The first-order chi connectivity index (χ1) is 11.8. The van der Waals surface area contributed by atoms with Crippen molar-refractivity contribution in [2.24, 2.45) is 5.92 Å². The molecule has 3 aromatic carbocycles. The zero-order chi connectivity index (χ0) is 16.4. The van der Waals surface area contributed by atoms with Gasteiger partial charge >= 0.3 is 0 Å². The van der Waals surface area contributed by atoms with E-state index in [1.165, 1.54) is 40.8 Å². The molecule has 1 unspecified atom stereocenters. The van der Waals surface area contributed by atoms with Crippen LogP contribution in [0.5, 0.6) is 0 Å². The molecule has 1 aliphatic carbocycles. The molecule has 5 rings (SSSR count). The average Bonchev–Trinajstić information content (AvgIpc) is 3.21. The largest absolute Gasteiger partial charge is 0.473 e. The van der Waals surface area contributed by atoms with Gasteiger partial charge < -0.3 is 4.42 Å². The third-order valence-electron chi connectivity index (χ3n) is 5.02. The van der Waals surface area contributed by atoms with Crippen molar-refractivity contribution in [1.29, 1.82) is 0 Å². The normalized spacial score (nSPS) is 16.5. The van der Waals surface area contributed by atoms with Crippen molar-refractivity contribution in [3.8, 4) is 0 Å². The molecule has 0 saturated carbocycles. The van der Waals surface area contributed by atoms with E-state index >= 15 is 0 Å². The van der Waals surface area contributed by atoms with Gasteiger partial charge in [0.25, 0.3) is 0 Å². The minimum Gasteiger partial charge on any atom is -0.473 e. The molecule has 1 aromatic heterocycles. The number of fused-ring (bicyclic) bond motifs is 5. The second-order valence-electron chi connectivity index (χ2n) is 6.73. The molecular weight excluding hydrogens is 292 g/mol. The van der Waals surface area contributed by atoms with Crippen LogP contribution in [-0.4, -0.2) is 0 Å². The van der Waals surface area contributed by atoms with E-state index in [0.29, 0.717) is 0 Å². The van der Waals surface area contributed by atoms with E-state index in [4.69, 9.17) is 0 Å². The highest BCUT2D eigenvalue weighted by Gasteiger charge is 2.17. The number of rotatable bonds is 0. The Balaban J connectivity index is 0.000000252. The lowest BCUT2D eigenvalue weighted by molar-refractivity contribution is 0.503. The van der Waals surface area contributed by atoms with Crippen LogP contribution in [0.15, 0.2) is 77.6 Å². The Hall–Kier alpha value is -2.54. The Labute approximate surface area is 142 Å². The predicted molar refractivity (Wildman–Crippen MR) is 101 cm³/mol. The quantitative estimate of drug-likeness (QED) is 0.342. The van der Waals surface area contributed by atoms with E-state index in [2.05, 4.69) is 59.9 Å². The Morgan fingerprint density at radius 3 is 2.38 bits per heavy atom. The molecule has 0 fully saturated rings. The van der Waals surface area contributed by atoms with Crippen molar-refractivity contribution in [1.82, 2.24) is 0 Å². The van der Waals surface area contributed by atoms with Crippen molar-refractivity contribution < 1.29 is 4.42 Å². The van der Waals surface area contributed by atoms with Crippen LogP contribution >= 0.6 is 0 Å². The minimum absolute atomic E-state index is 0.838. The molecule has 0 amide bonds. The maximum absolute atomic E-state index is 4.58. The molecule has 4 aromatic rings. The topological polar surface area (TPSA) is 13.1 Å². The second kappa shape index (κ2) is 6.52. The summed E-state index contributed by atoms with van der Waals surface area (Å²) < 4.78 is 4.58. The summed E-state index contributed by atoms with van der Waals surface area (Å²) in [6.07, 6.45) is 7.07. The number of hydrogen-bond acceptors (Lipinski definition) is 1. The molecule has 0 spiro atoms. The van der Waals surface area contributed by atoms with Crippen LogP contribution < -0.4 is 0 Å². The van der Waals surface area contributed by atoms with Crippen LogP contribution in [-0.2, 0) is 12.8 Å². The van der Waals surface area contributed by atoms with Gasteiger partial charge in [-0.25, -0.2) is 0 Å². The van der Waals surface area contributed by atoms with Crippen LogP contribution in [0.1, 0.15) is 24.5 Å². The molecule has 1 heterocycles. The van der Waals surface area contributed by atoms with Gasteiger partial charge in [-0.1, -0.05) is 55.5 Å².